The van der Waals surface area contributed by atoms with E-state index >= 15 is 0 Å². The van der Waals surface area contributed by atoms with E-state index in [9.17, 15) is 37.3 Å². The standard InChI is InChI=1S/C16H26F2O8S/c1-14(2,21)10-7-5-8(11(10)15(3,4)22)9(6-7)12(19)26-13(20)16(17,18)27(23,24)25/h7-11,13,20-22H,5-6H2,1-4H3,(H,23,24,25). The molecule has 0 heterocycles. The number of fused-ring (bicyclic) bond motifs is 2. The Balaban J connectivity index is 2.22. The molecule has 0 radical (unpaired) electrons. The predicted octanol–water partition coefficient (Wildman–Crippen LogP) is 0.759. The Bertz CT molecular complexity index is 694. The third-order valence-corrected chi connectivity index (χ3v) is 6.69. The highest BCUT2D eigenvalue weighted by atomic mass is 32.2. The van der Waals surface area contributed by atoms with E-state index < -0.39 is 56.6 Å². The number of ether oxygens (including phenoxy) is 1. The zero-order valence-electron chi connectivity index (χ0n) is 15.5. The fraction of sp³-hybridized carbons (Fsp3) is 0.938. The van der Waals surface area contributed by atoms with E-state index in [1.54, 1.807) is 13.8 Å². The highest BCUT2D eigenvalue weighted by Gasteiger charge is 2.63. The third kappa shape index (κ3) is 3.98. The van der Waals surface area contributed by atoms with Crippen LogP contribution < -0.4 is 0 Å². The van der Waals surface area contributed by atoms with Crippen molar-refractivity contribution in [3.63, 3.8) is 0 Å². The summed E-state index contributed by atoms with van der Waals surface area (Å²) >= 11 is 0. The zero-order valence-corrected chi connectivity index (χ0v) is 16.3. The molecule has 27 heavy (non-hydrogen) atoms. The van der Waals surface area contributed by atoms with Crippen molar-refractivity contribution in [2.45, 2.75) is 63.3 Å². The molecule has 6 atom stereocenters. The normalized spacial score (nSPS) is 33.2. The molecule has 0 saturated heterocycles. The molecule has 8 nitrogen and oxygen atoms in total. The Morgan fingerprint density at radius 1 is 1.07 bits per heavy atom. The van der Waals surface area contributed by atoms with Gasteiger partial charge in [-0.2, -0.15) is 17.2 Å². The Hall–Kier alpha value is -0.880. The summed E-state index contributed by atoms with van der Waals surface area (Å²) in [6, 6.07) is 0. The van der Waals surface area contributed by atoms with Gasteiger partial charge in [0.05, 0.1) is 17.1 Å². The number of rotatable bonds is 6. The minimum Gasteiger partial charge on any atom is -0.428 e. The average molecular weight is 416 g/mol. The maximum absolute atomic E-state index is 13.4. The molecule has 2 rings (SSSR count). The number of hydrogen-bond acceptors (Lipinski definition) is 7. The molecule has 158 valence electrons. The van der Waals surface area contributed by atoms with Crippen molar-refractivity contribution in [2.24, 2.45) is 29.6 Å². The lowest BCUT2D eigenvalue weighted by Crippen LogP contribution is -2.52. The molecular formula is C16H26F2O8S. The van der Waals surface area contributed by atoms with E-state index in [0.717, 1.165) is 0 Å². The summed E-state index contributed by atoms with van der Waals surface area (Å²) < 4.78 is 60.8. The summed E-state index contributed by atoms with van der Waals surface area (Å²) in [4.78, 5) is 12.3. The number of halogens is 2. The van der Waals surface area contributed by atoms with Crippen LogP contribution in [0.3, 0.4) is 0 Å². The Morgan fingerprint density at radius 3 is 1.96 bits per heavy atom. The first-order valence-corrected chi connectivity index (χ1v) is 10.0. The summed E-state index contributed by atoms with van der Waals surface area (Å²) in [7, 11) is -5.98. The highest BCUT2D eigenvalue weighted by Crippen LogP contribution is 2.61. The molecular weight excluding hydrogens is 390 g/mol. The van der Waals surface area contributed by atoms with E-state index in [4.69, 9.17) is 4.55 Å². The van der Waals surface area contributed by atoms with Gasteiger partial charge >= 0.3 is 21.3 Å². The lowest BCUT2D eigenvalue weighted by Gasteiger charge is -2.46. The van der Waals surface area contributed by atoms with Crippen molar-refractivity contribution in [1.82, 2.24) is 0 Å². The minimum atomic E-state index is -5.98. The molecule has 2 fully saturated rings. The second-order valence-electron chi connectivity index (χ2n) is 8.69. The molecule has 0 spiro atoms. The topological polar surface area (TPSA) is 141 Å². The van der Waals surface area contributed by atoms with Gasteiger partial charge in [0.25, 0.3) is 6.29 Å². The lowest BCUT2D eigenvalue weighted by atomic mass is 9.63. The van der Waals surface area contributed by atoms with Crippen molar-refractivity contribution in [3.8, 4) is 0 Å². The second-order valence-corrected chi connectivity index (χ2v) is 10.2. The molecule has 0 aromatic rings. The van der Waals surface area contributed by atoms with E-state index in [1.165, 1.54) is 13.8 Å². The van der Waals surface area contributed by atoms with Gasteiger partial charge in [0, 0.05) is 0 Å². The van der Waals surface area contributed by atoms with Gasteiger partial charge in [0.15, 0.2) is 0 Å². The maximum Gasteiger partial charge on any atom is 0.430 e. The number of carbonyl (C=O) groups is 1. The number of alkyl halides is 2. The molecule has 2 aliphatic rings. The van der Waals surface area contributed by atoms with Crippen molar-refractivity contribution < 1.29 is 46.6 Å². The molecule has 4 N–H and O–H groups in total. The molecule has 6 unspecified atom stereocenters. The quantitative estimate of drug-likeness (QED) is 0.282. The van der Waals surface area contributed by atoms with Crippen LogP contribution in [0.5, 0.6) is 0 Å². The van der Waals surface area contributed by atoms with E-state index in [2.05, 4.69) is 4.74 Å². The maximum atomic E-state index is 13.4. The van der Waals surface area contributed by atoms with Crippen molar-refractivity contribution >= 4 is 16.1 Å². The molecule has 0 aromatic carbocycles. The van der Waals surface area contributed by atoms with E-state index in [-0.39, 0.29) is 18.3 Å². The minimum absolute atomic E-state index is 0.178. The summed E-state index contributed by atoms with van der Waals surface area (Å²) in [6.07, 6.45) is -2.72. The van der Waals surface area contributed by atoms with Crippen molar-refractivity contribution in [1.29, 1.82) is 0 Å². The number of hydrogen-bond donors (Lipinski definition) is 4. The Labute approximate surface area is 156 Å². The van der Waals surface area contributed by atoms with Crippen LogP contribution in [-0.4, -0.2) is 57.0 Å². The molecule has 2 saturated carbocycles. The predicted molar refractivity (Wildman–Crippen MR) is 87.9 cm³/mol. The van der Waals surface area contributed by atoms with Gasteiger partial charge in [0.1, 0.15) is 0 Å². The van der Waals surface area contributed by atoms with Gasteiger partial charge in [-0.1, -0.05) is 0 Å². The van der Waals surface area contributed by atoms with Crippen LogP contribution in [0.15, 0.2) is 0 Å². The molecule has 11 heteroatoms. The van der Waals surface area contributed by atoms with Gasteiger partial charge in [-0.3, -0.25) is 9.35 Å². The Morgan fingerprint density at radius 2 is 1.56 bits per heavy atom. The molecule has 2 aliphatic carbocycles. The molecule has 2 bridgehead atoms. The number of esters is 1. The molecule has 0 aromatic heterocycles. The van der Waals surface area contributed by atoms with Crippen LogP contribution in [0.4, 0.5) is 8.78 Å². The van der Waals surface area contributed by atoms with E-state index in [1.807, 2.05) is 0 Å². The van der Waals surface area contributed by atoms with Crippen LogP contribution in [0.2, 0.25) is 0 Å². The number of carbonyl (C=O) groups excluding carboxylic acids is 1. The summed E-state index contributed by atoms with van der Waals surface area (Å²) in [5.74, 6) is -3.73. The zero-order chi connectivity index (χ0) is 21.2. The molecule has 0 aliphatic heterocycles. The van der Waals surface area contributed by atoms with Crippen molar-refractivity contribution in [2.75, 3.05) is 0 Å². The lowest BCUT2D eigenvalue weighted by molar-refractivity contribution is -0.213. The summed E-state index contributed by atoms with van der Waals surface area (Å²) in [6.45, 7) is 6.25. The van der Waals surface area contributed by atoms with E-state index in [0.29, 0.717) is 6.42 Å². The monoisotopic (exact) mass is 416 g/mol. The van der Waals surface area contributed by atoms with Gasteiger partial charge in [0.2, 0.25) is 0 Å². The SMILES string of the molecule is CC(C)(O)C1C2CC(C(=O)OC(O)C(F)(F)S(=O)(=O)O)C(C2)C1C(C)(C)O. The van der Waals surface area contributed by atoms with Gasteiger partial charge in [-0.05, 0) is 64.2 Å². The Kier molecular flexibility index (Phi) is 5.46. The molecule has 0 amide bonds. The van der Waals surface area contributed by atoms with Crippen LogP contribution in [0, 0.1) is 29.6 Å². The van der Waals surface area contributed by atoms with Gasteiger partial charge in [-0.25, -0.2) is 0 Å². The number of aliphatic hydroxyl groups excluding tert-OH is 1. The number of aliphatic hydroxyl groups is 3. The smallest absolute Gasteiger partial charge is 0.428 e. The van der Waals surface area contributed by atoms with Crippen LogP contribution >= 0.6 is 0 Å². The van der Waals surface area contributed by atoms with Gasteiger partial charge < -0.3 is 20.1 Å². The first-order chi connectivity index (χ1) is 11.9. The van der Waals surface area contributed by atoms with Crippen LogP contribution in [-0.2, 0) is 19.6 Å². The average Bonchev–Trinajstić information content (AvgIpc) is 3.02. The fourth-order valence-corrected chi connectivity index (χ4v) is 5.31. The first-order valence-electron chi connectivity index (χ1n) is 8.57. The summed E-state index contributed by atoms with van der Waals surface area (Å²) in [5.41, 5.74) is -2.42. The van der Waals surface area contributed by atoms with Crippen LogP contribution in [0.1, 0.15) is 40.5 Å². The first kappa shape index (κ1) is 22.4. The third-order valence-electron chi connectivity index (χ3n) is 5.80. The largest absolute Gasteiger partial charge is 0.430 e. The van der Waals surface area contributed by atoms with Crippen molar-refractivity contribution in [3.05, 3.63) is 0 Å². The van der Waals surface area contributed by atoms with Crippen LogP contribution in [0.25, 0.3) is 0 Å². The summed E-state index contributed by atoms with van der Waals surface area (Å²) in [5, 5.41) is 25.3. The fourth-order valence-electron chi connectivity index (χ4n) is 5.00. The highest BCUT2D eigenvalue weighted by molar-refractivity contribution is 7.86. The second kappa shape index (κ2) is 6.58. The van der Waals surface area contributed by atoms with Gasteiger partial charge in [-0.15, -0.1) is 0 Å².